The molecular formula is C23H28FN5O2. The third-order valence-corrected chi connectivity index (χ3v) is 7.33. The topological polar surface area (TPSA) is 93.7 Å². The number of nitrogens with two attached hydrogens (primary N) is 1. The number of amides is 2. The Bertz CT molecular complexity index is 912. The lowest BCUT2D eigenvalue weighted by Crippen LogP contribution is -2.57. The highest BCUT2D eigenvalue weighted by molar-refractivity contribution is 5.87. The first-order chi connectivity index (χ1) is 15.0. The summed E-state index contributed by atoms with van der Waals surface area (Å²) in [5.74, 6) is 0.0599. The van der Waals surface area contributed by atoms with E-state index in [0.29, 0.717) is 32.0 Å². The van der Waals surface area contributed by atoms with Gasteiger partial charge in [0.15, 0.2) is 0 Å². The van der Waals surface area contributed by atoms with Crippen molar-refractivity contribution in [1.82, 2.24) is 14.7 Å². The minimum absolute atomic E-state index is 0.00143. The number of hydrogen-bond donors (Lipinski definition) is 1. The summed E-state index contributed by atoms with van der Waals surface area (Å²) >= 11 is 0. The predicted octanol–water partition coefficient (Wildman–Crippen LogP) is 1.40. The molecule has 0 spiro atoms. The minimum atomic E-state index is -0.731. The Labute approximate surface area is 181 Å². The molecule has 2 bridgehead atoms. The fraction of sp³-hybridized carbons (Fsp3) is 0.609. The van der Waals surface area contributed by atoms with E-state index in [2.05, 4.69) is 6.07 Å². The van der Waals surface area contributed by atoms with Gasteiger partial charge < -0.3 is 15.5 Å². The van der Waals surface area contributed by atoms with Gasteiger partial charge in [-0.1, -0.05) is 12.1 Å². The summed E-state index contributed by atoms with van der Waals surface area (Å²) in [6.07, 6.45) is 4.44. The van der Waals surface area contributed by atoms with Crippen molar-refractivity contribution in [1.29, 1.82) is 5.26 Å². The first-order valence-corrected chi connectivity index (χ1v) is 11.3. The van der Waals surface area contributed by atoms with Gasteiger partial charge in [-0.05, 0) is 55.7 Å². The number of rotatable bonds is 6. The van der Waals surface area contributed by atoms with Crippen LogP contribution in [0.15, 0.2) is 24.3 Å². The maximum Gasteiger partial charge on any atom is 0.241 e. The number of hydrogen-bond acceptors (Lipinski definition) is 5. The van der Waals surface area contributed by atoms with Crippen LogP contribution in [0.25, 0.3) is 0 Å². The summed E-state index contributed by atoms with van der Waals surface area (Å²) in [5, 5.41) is 9.25. The molecule has 3 aliphatic heterocycles. The first-order valence-electron chi connectivity index (χ1n) is 11.3. The van der Waals surface area contributed by atoms with Crippen molar-refractivity contribution in [2.75, 3.05) is 19.6 Å². The molecule has 3 heterocycles. The molecule has 31 heavy (non-hydrogen) atoms. The SMILES string of the molecule is N#CC1CCCN1C(=O)C(N)CN1C[C@@H]2CC1C(=O)N2C(c1ccc(F)cc1)C1CC1. The second kappa shape index (κ2) is 7.88. The van der Waals surface area contributed by atoms with Crippen molar-refractivity contribution in [3.63, 3.8) is 0 Å². The standard InChI is InChI=1S/C23H28FN5O2/c24-16-7-5-15(6-8-16)21(14-3-4-14)29-18-10-20(23(29)31)27(12-18)13-19(26)22(30)28-9-1-2-17(28)11-25/h5-8,14,17-21H,1-4,9-10,12-13,26H2/t17?,18-,19?,20?,21?/m0/s1. The molecule has 7 nitrogen and oxygen atoms in total. The third kappa shape index (κ3) is 3.60. The minimum Gasteiger partial charge on any atom is -0.330 e. The van der Waals surface area contributed by atoms with Crippen molar-refractivity contribution in [3.8, 4) is 6.07 Å². The quantitative estimate of drug-likeness (QED) is 0.744. The smallest absolute Gasteiger partial charge is 0.241 e. The Balaban J connectivity index is 1.26. The summed E-state index contributed by atoms with van der Waals surface area (Å²) in [7, 11) is 0. The van der Waals surface area contributed by atoms with Crippen molar-refractivity contribution in [3.05, 3.63) is 35.6 Å². The zero-order valence-corrected chi connectivity index (χ0v) is 17.5. The molecule has 1 aromatic rings. The number of carbonyl (C=O) groups is 2. The number of halogens is 1. The normalized spacial score (nSPS) is 30.0. The van der Waals surface area contributed by atoms with Gasteiger partial charge in [0.25, 0.3) is 0 Å². The zero-order valence-electron chi connectivity index (χ0n) is 17.5. The summed E-state index contributed by atoms with van der Waals surface area (Å²) < 4.78 is 13.4. The highest BCUT2D eigenvalue weighted by atomic mass is 19.1. The average Bonchev–Trinajstić information content (AvgIpc) is 3.20. The van der Waals surface area contributed by atoms with E-state index in [1.54, 1.807) is 17.0 Å². The van der Waals surface area contributed by atoms with E-state index in [-0.39, 0.29) is 41.8 Å². The second-order valence-corrected chi connectivity index (χ2v) is 9.36. The second-order valence-electron chi connectivity index (χ2n) is 9.36. The number of nitriles is 1. The van der Waals surface area contributed by atoms with Crippen LogP contribution in [-0.4, -0.2) is 70.3 Å². The molecule has 5 rings (SSSR count). The number of fused-ring (bicyclic) bond motifs is 2. The van der Waals surface area contributed by atoms with Crippen LogP contribution in [0.5, 0.6) is 0 Å². The van der Waals surface area contributed by atoms with Crippen LogP contribution in [0, 0.1) is 23.1 Å². The van der Waals surface area contributed by atoms with E-state index in [9.17, 15) is 19.2 Å². The number of likely N-dealkylation sites (tertiary alicyclic amines) is 3. The van der Waals surface area contributed by atoms with Gasteiger partial charge in [-0.15, -0.1) is 0 Å². The van der Waals surface area contributed by atoms with Gasteiger partial charge >= 0.3 is 0 Å². The first kappa shape index (κ1) is 20.4. The number of nitrogens with zero attached hydrogens (tertiary/aromatic N) is 4. The van der Waals surface area contributed by atoms with Gasteiger partial charge in [-0.3, -0.25) is 14.5 Å². The fourth-order valence-corrected chi connectivity index (χ4v) is 5.70. The van der Waals surface area contributed by atoms with Crippen LogP contribution in [-0.2, 0) is 9.59 Å². The molecule has 164 valence electrons. The molecule has 1 aliphatic carbocycles. The zero-order chi connectivity index (χ0) is 21.7. The monoisotopic (exact) mass is 425 g/mol. The lowest BCUT2D eigenvalue weighted by molar-refractivity contribution is -0.141. The van der Waals surface area contributed by atoms with E-state index < -0.39 is 6.04 Å². The summed E-state index contributed by atoms with van der Waals surface area (Å²) in [6, 6.07) is 7.43. The molecule has 2 amide bonds. The Hall–Kier alpha value is -2.50. The molecule has 5 atom stereocenters. The van der Waals surface area contributed by atoms with Crippen molar-refractivity contribution >= 4 is 11.8 Å². The lowest BCUT2D eigenvalue weighted by Gasteiger charge is -2.40. The molecule has 1 saturated carbocycles. The summed E-state index contributed by atoms with van der Waals surface area (Å²) in [6.45, 7) is 1.60. The molecule has 3 saturated heterocycles. The Morgan fingerprint density at radius 2 is 2.00 bits per heavy atom. The Morgan fingerprint density at radius 3 is 2.65 bits per heavy atom. The van der Waals surface area contributed by atoms with E-state index in [0.717, 1.165) is 31.2 Å². The van der Waals surface area contributed by atoms with Crippen LogP contribution in [0.3, 0.4) is 0 Å². The van der Waals surface area contributed by atoms with E-state index >= 15 is 0 Å². The van der Waals surface area contributed by atoms with Gasteiger partial charge in [-0.2, -0.15) is 5.26 Å². The summed E-state index contributed by atoms with van der Waals surface area (Å²) in [4.78, 5) is 31.7. The fourth-order valence-electron chi connectivity index (χ4n) is 5.70. The van der Waals surface area contributed by atoms with Gasteiger partial charge in [0.2, 0.25) is 11.8 Å². The molecule has 1 aromatic carbocycles. The van der Waals surface area contributed by atoms with Crippen LogP contribution >= 0.6 is 0 Å². The summed E-state index contributed by atoms with van der Waals surface area (Å²) in [5.41, 5.74) is 7.23. The van der Waals surface area contributed by atoms with Crippen molar-refractivity contribution < 1.29 is 14.0 Å². The van der Waals surface area contributed by atoms with Crippen LogP contribution < -0.4 is 5.73 Å². The molecule has 2 N–H and O–H groups in total. The highest BCUT2D eigenvalue weighted by Crippen LogP contribution is 2.49. The lowest BCUT2D eigenvalue weighted by atomic mass is 9.99. The third-order valence-electron chi connectivity index (χ3n) is 7.33. The number of piperazine rings is 1. The van der Waals surface area contributed by atoms with Gasteiger partial charge in [0, 0.05) is 25.7 Å². The van der Waals surface area contributed by atoms with Gasteiger partial charge in [-0.25, -0.2) is 4.39 Å². The highest BCUT2D eigenvalue weighted by Gasteiger charge is 2.54. The largest absolute Gasteiger partial charge is 0.330 e. The van der Waals surface area contributed by atoms with Crippen LogP contribution in [0.1, 0.15) is 43.7 Å². The Morgan fingerprint density at radius 1 is 1.26 bits per heavy atom. The molecule has 8 heteroatoms. The molecule has 4 fully saturated rings. The average molecular weight is 426 g/mol. The molecule has 0 aromatic heterocycles. The maximum absolute atomic E-state index is 13.4. The van der Waals surface area contributed by atoms with E-state index in [4.69, 9.17) is 5.73 Å². The molecule has 4 aliphatic rings. The molecular weight excluding hydrogens is 397 g/mol. The van der Waals surface area contributed by atoms with Crippen LogP contribution in [0.2, 0.25) is 0 Å². The molecule has 0 radical (unpaired) electrons. The van der Waals surface area contributed by atoms with E-state index in [1.165, 1.54) is 12.1 Å². The van der Waals surface area contributed by atoms with Crippen molar-refractivity contribution in [2.24, 2.45) is 11.7 Å². The molecule has 4 unspecified atom stereocenters. The Kier molecular flexibility index (Phi) is 5.19. The number of benzene rings is 1. The predicted molar refractivity (Wildman–Crippen MR) is 111 cm³/mol. The van der Waals surface area contributed by atoms with Crippen LogP contribution in [0.4, 0.5) is 4.39 Å². The van der Waals surface area contributed by atoms with Gasteiger partial charge in [0.05, 0.1) is 24.2 Å². The number of carbonyl (C=O) groups excluding carboxylic acids is 2. The maximum atomic E-state index is 13.4. The van der Waals surface area contributed by atoms with Crippen molar-refractivity contribution in [2.45, 2.75) is 62.3 Å². The van der Waals surface area contributed by atoms with E-state index in [1.807, 2.05) is 9.80 Å². The van der Waals surface area contributed by atoms with Gasteiger partial charge in [0.1, 0.15) is 11.9 Å².